The van der Waals surface area contributed by atoms with Gasteiger partial charge in [-0.05, 0) is 12.8 Å². The molecule has 4 heteroatoms. The number of aromatic nitrogens is 3. The molecule has 1 aromatic heterocycles. The van der Waals surface area contributed by atoms with Crippen LogP contribution in [0.2, 0.25) is 0 Å². The summed E-state index contributed by atoms with van der Waals surface area (Å²) in [6.45, 7) is 6.36. The molecule has 0 amide bonds. The van der Waals surface area contributed by atoms with Gasteiger partial charge in [0.1, 0.15) is 0 Å². The zero-order chi connectivity index (χ0) is 9.26. The molecule has 1 atom stereocenters. The molecule has 0 bridgehead atoms. The lowest BCUT2D eigenvalue weighted by Gasteiger charge is -2.12. The molecule has 4 nitrogen and oxygen atoms in total. The van der Waals surface area contributed by atoms with Gasteiger partial charge in [-0.2, -0.15) is 10.1 Å². The molecule has 0 saturated carbocycles. The summed E-state index contributed by atoms with van der Waals surface area (Å²) in [6, 6.07) is 0. The lowest BCUT2D eigenvalue weighted by atomic mass is 10.1. The van der Waals surface area contributed by atoms with Gasteiger partial charge in [0.2, 0.25) is 5.95 Å². The third kappa shape index (κ3) is 1.53. The van der Waals surface area contributed by atoms with Crippen LogP contribution in [-0.2, 0) is 6.54 Å². The Hall–Kier alpha value is -1.06. The predicted octanol–water partition coefficient (Wildman–Crippen LogP) is 1.61. The third-order valence-corrected chi connectivity index (χ3v) is 2.57. The van der Waals surface area contributed by atoms with Gasteiger partial charge in [0.15, 0.2) is 5.82 Å². The third-order valence-electron chi connectivity index (χ3n) is 2.57. The first-order valence-electron chi connectivity index (χ1n) is 5.00. The summed E-state index contributed by atoms with van der Waals surface area (Å²) < 4.78 is 1.98. The highest BCUT2D eigenvalue weighted by molar-refractivity contribution is 5.27. The van der Waals surface area contributed by atoms with Crippen molar-refractivity contribution in [2.45, 2.75) is 39.2 Å². The summed E-state index contributed by atoms with van der Waals surface area (Å²) in [5, 5.41) is 7.72. The normalized spacial score (nSPS) is 17.7. The van der Waals surface area contributed by atoms with Crippen molar-refractivity contribution in [1.29, 1.82) is 0 Å². The molecule has 1 aliphatic rings. The minimum atomic E-state index is 0.472. The largest absolute Gasteiger partial charge is 0.354 e. The van der Waals surface area contributed by atoms with Gasteiger partial charge in [-0.15, -0.1) is 0 Å². The van der Waals surface area contributed by atoms with Crippen LogP contribution in [0, 0.1) is 0 Å². The highest BCUT2D eigenvalue weighted by Gasteiger charge is 2.15. The highest BCUT2D eigenvalue weighted by atomic mass is 15.4. The predicted molar refractivity (Wildman–Crippen MR) is 51.8 cm³/mol. The Morgan fingerprint density at radius 2 is 2.46 bits per heavy atom. The van der Waals surface area contributed by atoms with Crippen molar-refractivity contribution >= 4 is 5.95 Å². The number of fused-ring (bicyclic) bond motifs is 1. The van der Waals surface area contributed by atoms with E-state index in [1.165, 1.54) is 0 Å². The van der Waals surface area contributed by atoms with Gasteiger partial charge in [-0.25, -0.2) is 4.68 Å². The van der Waals surface area contributed by atoms with E-state index in [9.17, 15) is 0 Å². The minimum absolute atomic E-state index is 0.472. The number of hydrogen-bond donors (Lipinski definition) is 1. The average molecular weight is 180 g/mol. The van der Waals surface area contributed by atoms with Crippen LogP contribution in [0.15, 0.2) is 0 Å². The summed E-state index contributed by atoms with van der Waals surface area (Å²) in [5.41, 5.74) is 0. The number of nitrogens with zero attached hydrogens (tertiary/aromatic N) is 3. The number of aryl methyl sites for hydroxylation is 1. The van der Waals surface area contributed by atoms with Crippen molar-refractivity contribution in [3.8, 4) is 0 Å². The van der Waals surface area contributed by atoms with E-state index in [0.717, 1.165) is 37.7 Å². The molecule has 0 aliphatic carbocycles. The molecule has 13 heavy (non-hydrogen) atoms. The van der Waals surface area contributed by atoms with E-state index in [1.54, 1.807) is 0 Å². The number of rotatable bonds is 2. The summed E-state index contributed by atoms with van der Waals surface area (Å²) in [5.74, 6) is 2.40. The van der Waals surface area contributed by atoms with Crippen molar-refractivity contribution in [2.24, 2.45) is 0 Å². The topological polar surface area (TPSA) is 42.7 Å². The first-order chi connectivity index (χ1) is 6.31. The Bertz CT molecular complexity index is 268. The Morgan fingerprint density at radius 3 is 3.15 bits per heavy atom. The van der Waals surface area contributed by atoms with Crippen molar-refractivity contribution in [2.75, 3.05) is 11.9 Å². The maximum atomic E-state index is 4.46. The summed E-state index contributed by atoms with van der Waals surface area (Å²) >= 11 is 0. The number of hydrogen-bond acceptors (Lipinski definition) is 3. The molecule has 1 aromatic rings. The van der Waals surface area contributed by atoms with Gasteiger partial charge in [-0.1, -0.05) is 13.8 Å². The van der Waals surface area contributed by atoms with Gasteiger partial charge in [0, 0.05) is 19.0 Å². The fraction of sp³-hybridized carbons (Fsp3) is 0.778. The standard InChI is InChI=1S/C9H16N4/c1-3-7(2)8-11-9-10-5-4-6-13(9)12-8/h7H,3-6H2,1-2H3,(H,10,11,12). The molecule has 0 spiro atoms. The van der Waals surface area contributed by atoms with E-state index in [-0.39, 0.29) is 0 Å². The Labute approximate surface area is 78.4 Å². The molecule has 0 aromatic carbocycles. The number of anilines is 1. The maximum absolute atomic E-state index is 4.46. The molecule has 2 rings (SSSR count). The van der Waals surface area contributed by atoms with Crippen LogP contribution in [0.5, 0.6) is 0 Å². The average Bonchev–Trinajstić information content (AvgIpc) is 2.59. The summed E-state index contributed by atoms with van der Waals surface area (Å²) in [7, 11) is 0. The van der Waals surface area contributed by atoms with Crippen LogP contribution >= 0.6 is 0 Å². The van der Waals surface area contributed by atoms with E-state index in [2.05, 4.69) is 29.2 Å². The molecule has 1 unspecified atom stereocenters. The van der Waals surface area contributed by atoms with E-state index in [1.807, 2.05) is 4.68 Å². The molecule has 1 aliphatic heterocycles. The van der Waals surface area contributed by atoms with Crippen molar-refractivity contribution < 1.29 is 0 Å². The molecule has 0 radical (unpaired) electrons. The molecule has 1 N–H and O–H groups in total. The van der Waals surface area contributed by atoms with Gasteiger partial charge >= 0.3 is 0 Å². The van der Waals surface area contributed by atoms with Crippen LogP contribution in [0.25, 0.3) is 0 Å². The lowest BCUT2D eigenvalue weighted by Crippen LogP contribution is -2.17. The second-order valence-electron chi connectivity index (χ2n) is 3.61. The van der Waals surface area contributed by atoms with E-state index >= 15 is 0 Å². The fourth-order valence-corrected chi connectivity index (χ4v) is 1.47. The molecular weight excluding hydrogens is 164 g/mol. The quantitative estimate of drug-likeness (QED) is 0.751. The fourth-order valence-electron chi connectivity index (χ4n) is 1.47. The second-order valence-corrected chi connectivity index (χ2v) is 3.61. The Morgan fingerprint density at radius 1 is 1.62 bits per heavy atom. The second kappa shape index (κ2) is 3.36. The van der Waals surface area contributed by atoms with Crippen molar-refractivity contribution in [3.05, 3.63) is 5.82 Å². The minimum Gasteiger partial charge on any atom is -0.354 e. The van der Waals surface area contributed by atoms with Crippen LogP contribution in [0.1, 0.15) is 38.4 Å². The molecule has 0 saturated heterocycles. The van der Waals surface area contributed by atoms with E-state index in [4.69, 9.17) is 0 Å². The summed E-state index contributed by atoms with van der Waals surface area (Å²) in [6.07, 6.45) is 2.25. The van der Waals surface area contributed by atoms with Gasteiger partial charge in [0.05, 0.1) is 0 Å². The van der Waals surface area contributed by atoms with Gasteiger partial charge in [0.25, 0.3) is 0 Å². The van der Waals surface area contributed by atoms with Crippen LogP contribution in [0.4, 0.5) is 5.95 Å². The molecule has 72 valence electrons. The van der Waals surface area contributed by atoms with E-state index < -0.39 is 0 Å². The smallest absolute Gasteiger partial charge is 0.221 e. The maximum Gasteiger partial charge on any atom is 0.221 e. The van der Waals surface area contributed by atoms with E-state index in [0.29, 0.717) is 5.92 Å². The highest BCUT2D eigenvalue weighted by Crippen LogP contribution is 2.18. The Balaban J connectivity index is 2.25. The molecular formula is C9H16N4. The van der Waals surface area contributed by atoms with Crippen molar-refractivity contribution in [1.82, 2.24) is 14.8 Å². The van der Waals surface area contributed by atoms with Gasteiger partial charge in [-0.3, -0.25) is 0 Å². The van der Waals surface area contributed by atoms with Crippen LogP contribution in [-0.4, -0.2) is 21.3 Å². The van der Waals surface area contributed by atoms with Crippen molar-refractivity contribution in [3.63, 3.8) is 0 Å². The van der Waals surface area contributed by atoms with Crippen LogP contribution in [0.3, 0.4) is 0 Å². The SMILES string of the molecule is CCC(C)c1nc2n(n1)CCCN2. The summed E-state index contributed by atoms with van der Waals surface area (Å²) in [4.78, 5) is 4.46. The lowest BCUT2D eigenvalue weighted by molar-refractivity contribution is 0.552. The zero-order valence-corrected chi connectivity index (χ0v) is 8.25. The Kier molecular flexibility index (Phi) is 2.20. The van der Waals surface area contributed by atoms with Crippen LogP contribution < -0.4 is 5.32 Å². The monoisotopic (exact) mass is 180 g/mol. The first-order valence-corrected chi connectivity index (χ1v) is 5.00. The zero-order valence-electron chi connectivity index (χ0n) is 8.25. The molecule has 0 fully saturated rings. The first kappa shape index (κ1) is 8.53. The molecule has 2 heterocycles. The number of nitrogens with one attached hydrogen (secondary N) is 1. The van der Waals surface area contributed by atoms with Gasteiger partial charge < -0.3 is 5.32 Å².